The summed E-state index contributed by atoms with van der Waals surface area (Å²) in [6.45, 7) is 8.08. The van der Waals surface area contributed by atoms with Crippen molar-refractivity contribution in [2.24, 2.45) is 17.6 Å². The van der Waals surface area contributed by atoms with Crippen molar-refractivity contribution < 1.29 is 14.4 Å². The van der Waals surface area contributed by atoms with Gasteiger partial charge in [-0.25, -0.2) is 4.98 Å². The van der Waals surface area contributed by atoms with Crippen LogP contribution in [-0.4, -0.2) is 59.3 Å². The van der Waals surface area contributed by atoms with Gasteiger partial charge in [0.1, 0.15) is 0 Å². The number of hydrogen-bond acceptors (Lipinski definition) is 6. The zero-order valence-electron chi connectivity index (χ0n) is 24.4. The lowest BCUT2D eigenvalue weighted by atomic mass is 9.89. The van der Waals surface area contributed by atoms with Crippen LogP contribution in [0.3, 0.4) is 0 Å². The first kappa shape index (κ1) is 31.7. The predicted molar refractivity (Wildman–Crippen MR) is 161 cm³/mol. The summed E-state index contributed by atoms with van der Waals surface area (Å²) in [5.41, 5.74) is 7.55. The zero-order valence-corrected chi connectivity index (χ0v) is 25.2. The third-order valence-corrected chi connectivity index (χ3v) is 8.52. The maximum absolute atomic E-state index is 13.4. The maximum Gasteiger partial charge on any atom is 0.253 e. The van der Waals surface area contributed by atoms with Crippen molar-refractivity contribution in [3.8, 4) is 0 Å². The monoisotopic (exact) mass is 569 g/mol. The average molecular weight is 570 g/mol. The minimum atomic E-state index is -0.447. The molecule has 3 amide bonds. The minimum Gasteiger partial charge on any atom is -0.356 e. The highest BCUT2D eigenvalue weighted by Gasteiger charge is 2.27. The number of amides is 3. The molecule has 1 fully saturated rings. The van der Waals surface area contributed by atoms with E-state index in [4.69, 9.17) is 5.73 Å². The fourth-order valence-corrected chi connectivity index (χ4v) is 6.10. The van der Waals surface area contributed by atoms with Crippen molar-refractivity contribution in [1.29, 1.82) is 0 Å². The first-order chi connectivity index (χ1) is 19.3. The van der Waals surface area contributed by atoms with E-state index >= 15 is 0 Å². The van der Waals surface area contributed by atoms with E-state index in [1.54, 1.807) is 30.5 Å². The second kappa shape index (κ2) is 16.5. The highest BCUT2D eigenvalue weighted by atomic mass is 32.1. The number of carbonyl (C=O) groups excluding carboxylic acids is 3. The van der Waals surface area contributed by atoms with E-state index in [2.05, 4.69) is 15.6 Å². The molecule has 0 aliphatic heterocycles. The summed E-state index contributed by atoms with van der Waals surface area (Å²) < 4.78 is 0. The molecule has 0 spiro atoms. The first-order valence-corrected chi connectivity index (χ1v) is 15.8. The normalized spacial score (nSPS) is 16.1. The Morgan fingerprint density at radius 3 is 2.45 bits per heavy atom. The molecule has 1 saturated carbocycles. The Balaban J connectivity index is 1.66. The summed E-state index contributed by atoms with van der Waals surface area (Å²) in [6, 6.07) is 6.00. The lowest BCUT2D eigenvalue weighted by Crippen LogP contribution is -2.50. The molecule has 0 saturated heterocycles. The molecule has 40 heavy (non-hydrogen) atoms. The van der Waals surface area contributed by atoms with Gasteiger partial charge in [0, 0.05) is 60.7 Å². The third kappa shape index (κ3) is 9.70. The van der Waals surface area contributed by atoms with Gasteiger partial charge < -0.3 is 21.3 Å². The number of nitrogens with one attached hydrogen (secondary N) is 2. The number of carbonyl (C=O) groups is 3. The third-order valence-electron chi connectivity index (χ3n) is 7.72. The van der Waals surface area contributed by atoms with Crippen LogP contribution in [0, 0.1) is 11.8 Å². The smallest absolute Gasteiger partial charge is 0.253 e. The predicted octanol–water partition coefficient (Wildman–Crippen LogP) is 4.80. The van der Waals surface area contributed by atoms with Gasteiger partial charge in [-0.2, -0.15) is 0 Å². The Kier molecular flexibility index (Phi) is 13.1. The molecule has 1 aliphatic rings. The average Bonchev–Trinajstić information content (AvgIpc) is 3.48. The number of hydrogen-bond donors (Lipinski definition) is 3. The Morgan fingerprint density at radius 2 is 1.80 bits per heavy atom. The van der Waals surface area contributed by atoms with Gasteiger partial charge in [-0.05, 0) is 56.2 Å². The lowest BCUT2D eigenvalue weighted by molar-refractivity contribution is -0.125. The zero-order chi connectivity index (χ0) is 28.9. The van der Waals surface area contributed by atoms with E-state index < -0.39 is 12.1 Å². The molecule has 0 bridgehead atoms. The molecule has 0 radical (unpaired) electrons. The van der Waals surface area contributed by atoms with Crippen LogP contribution in [0.25, 0.3) is 0 Å². The van der Waals surface area contributed by atoms with Gasteiger partial charge in [-0.1, -0.05) is 46.1 Å². The summed E-state index contributed by atoms with van der Waals surface area (Å²) in [7, 11) is 0. The molecule has 9 heteroatoms. The van der Waals surface area contributed by atoms with E-state index in [9.17, 15) is 14.4 Å². The summed E-state index contributed by atoms with van der Waals surface area (Å²) in [6.07, 6.45) is 10.5. The fraction of sp³-hybridized carbons (Fsp3) is 0.613. The van der Waals surface area contributed by atoms with Crippen molar-refractivity contribution in [1.82, 2.24) is 20.5 Å². The molecule has 3 rings (SSSR count). The standard InChI is InChI=1S/C31H47N5O3S/c1-4-15-36(16-5-2)31(39)25-13-9-12-24(19-25)30(38)35-27(20-28-33-14-17-40-28)26(32)18-22(3)29(37)34-21-23-10-7-6-8-11-23/h9,12-14,17,19,22-23,26-27H,4-8,10-11,15-16,18,20-21,32H2,1-3H3,(H,34,37)(H,35,38)/t22-,26+,27+/m1/s1. The Hall–Kier alpha value is -2.78. The summed E-state index contributed by atoms with van der Waals surface area (Å²) in [5.74, 6) is -0.0659. The van der Waals surface area contributed by atoms with E-state index in [0.29, 0.717) is 43.0 Å². The van der Waals surface area contributed by atoms with E-state index in [0.717, 1.165) is 24.4 Å². The number of nitrogens with two attached hydrogens (primary N) is 1. The SMILES string of the molecule is CCCN(CCC)C(=O)c1cccc(C(=O)N[C@@H](Cc2nccs2)[C@@H](N)C[C@@H](C)C(=O)NCC2CCCCC2)c1. The van der Waals surface area contributed by atoms with Gasteiger partial charge >= 0.3 is 0 Å². The van der Waals surface area contributed by atoms with Crippen molar-refractivity contribution >= 4 is 29.1 Å². The molecule has 1 aromatic carbocycles. The van der Waals surface area contributed by atoms with Crippen molar-refractivity contribution in [3.63, 3.8) is 0 Å². The molecule has 2 aromatic rings. The van der Waals surface area contributed by atoms with E-state index in [1.807, 2.05) is 31.1 Å². The van der Waals surface area contributed by atoms with Crippen molar-refractivity contribution in [2.45, 2.75) is 90.6 Å². The molecule has 0 unspecified atom stereocenters. The van der Waals surface area contributed by atoms with Gasteiger partial charge in [0.05, 0.1) is 11.0 Å². The van der Waals surface area contributed by atoms with Gasteiger partial charge in [-0.15, -0.1) is 11.3 Å². The van der Waals surface area contributed by atoms with Crippen LogP contribution in [0.1, 0.15) is 97.9 Å². The summed E-state index contributed by atoms with van der Waals surface area (Å²) >= 11 is 1.51. The highest BCUT2D eigenvalue weighted by Crippen LogP contribution is 2.23. The van der Waals surface area contributed by atoms with Gasteiger partial charge in [-0.3, -0.25) is 14.4 Å². The van der Waals surface area contributed by atoms with Crippen LogP contribution in [0.15, 0.2) is 35.8 Å². The highest BCUT2D eigenvalue weighted by molar-refractivity contribution is 7.09. The largest absolute Gasteiger partial charge is 0.356 e. The van der Waals surface area contributed by atoms with Crippen LogP contribution >= 0.6 is 11.3 Å². The second-order valence-corrected chi connectivity index (χ2v) is 12.1. The van der Waals surface area contributed by atoms with Gasteiger partial charge in [0.15, 0.2) is 0 Å². The molecular weight excluding hydrogens is 522 g/mol. The summed E-state index contributed by atoms with van der Waals surface area (Å²) in [4.78, 5) is 45.6. The Labute approximate surface area is 243 Å². The lowest BCUT2D eigenvalue weighted by Gasteiger charge is -2.27. The fourth-order valence-electron chi connectivity index (χ4n) is 5.42. The maximum atomic E-state index is 13.4. The molecule has 1 heterocycles. The number of thiazole rings is 1. The van der Waals surface area contributed by atoms with Crippen LogP contribution < -0.4 is 16.4 Å². The van der Waals surface area contributed by atoms with Crippen molar-refractivity contribution in [3.05, 3.63) is 52.0 Å². The van der Waals surface area contributed by atoms with Crippen LogP contribution in [0.5, 0.6) is 0 Å². The van der Waals surface area contributed by atoms with Crippen LogP contribution in [-0.2, 0) is 11.2 Å². The molecule has 1 aliphatic carbocycles. The molecule has 1 aromatic heterocycles. The first-order valence-electron chi connectivity index (χ1n) is 14.9. The van der Waals surface area contributed by atoms with Gasteiger partial charge in [0.25, 0.3) is 11.8 Å². The molecule has 220 valence electrons. The number of aromatic nitrogens is 1. The summed E-state index contributed by atoms with van der Waals surface area (Å²) in [5, 5.41) is 8.98. The topological polar surface area (TPSA) is 117 Å². The molecule has 8 nitrogen and oxygen atoms in total. The molecule has 3 atom stereocenters. The van der Waals surface area contributed by atoms with Crippen LogP contribution in [0.4, 0.5) is 0 Å². The number of nitrogens with zero attached hydrogens (tertiary/aromatic N) is 2. The second-order valence-electron chi connectivity index (χ2n) is 11.1. The van der Waals surface area contributed by atoms with E-state index in [1.165, 1.54) is 43.4 Å². The molecule has 4 N–H and O–H groups in total. The number of benzene rings is 1. The Morgan fingerprint density at radius 1 is 1.10 bits per heavy atom. The Bertz CT molecular complexity index is 1060. The quantitative estimate of drug-likeness (QED) is 0.285. The minimum absolute atomic E-state index is 0.00951. The van der Waals surface area contributed by atoms with Crippen LogP contribution in [0.2, 0.25) is 0 Å². The number of rotatable bonds is 15. The van der Waals surface area contributed by atoms with Crippen molar-refractivity contribution in [2.75, 3.05) is 19.6 Å². The molecular formula is C31H47N5O3S. The van der Waals surface area contributed by atoms with E-state index in [-0.39, 0.29) is 23.6 Å². The van der Waals surface area contributed by atoms with Gasteiger partial charge in [0.2, 0.25) is 5.91 Å².